The molecule has 0 atom stereocenters. The fourth-order valence-electron chi connectivity index (χ4n) is 9.97. The Morgan fingerprint density at radius 2 is 0.606 bits per heavy atom. The largest absolute Gasteiger partial charge is 0.507 e. The fourth-order valence-corrected chi connectivity index (χ4v) is 21.5. The maximum absolute atomic E-state index is 12.8. The predicted octanol–water partition coefficient (Wildman–Crippen LogP) is 11.3. The van der Waals surface area contributed by atoms with Gasteiger partial charge in [0.15, 0.2) is 16.1 Å². The number of hydrogen-bond acceptors (Lipinski definition) is 4. The lowest BCUT2D eigenvalue weighted by Gasteiger charge is -2.45. The average molecular weight is 913 g/mol. The van der Waals surface area contributed by atoms with Crippen LogP contribution in [0.25, 0.3) is 0 Å². The molecular weight excluding hydrogens is 837 g/mol. The van der Waals surface area contributed by atoms with Gasteiger partial charge in [-0.3, -0.25) is 9.98 Å². The van der Waals surface area contributed by atoms with Crippen LogP contribution in [0, 0.1) is 0 Å². The first-order valence-corrected chi connectivity index (χ1v) is 27.7. The van der Waals surface area contributed by atoms with Crippen molar-refractivity contribution in [3.8, 4) is 11.5 Å². The maximum Gasteiger partial charge on any atom is 0.158 e. The van der Waals surface area contributed by atoms with Crippen molar-refractivity contribution < 1.29 is 10.2 Å². The van der Waals surface area contributed by atoms with Gasteiger partial charge in [0, 0.05) is 23.6 Å². The van der Waals surface area contributed by atoms with Crippen LogP contribution < -0.4 is 31.1 Å². The van der Waals surface area contributed by atoms with E-state index in [-0.39, 0.29) is 32.4 Å². The van der Waals surface area contributed by atoms with Crippen molar-refractivity contribution >= 4 is 59.7 Å². The molecule has 346 valence electrons. The normalized spacial score (nSPS) is 13.8. The summed E-state index contributed by atoms with van der Waals surface area (Å²) >= 11 is 0. The topological polar surface area (TPSA) is 65.2 Å². The second-order valence-corrected chi connectivity index (χ2v) is 32.9. The molecule has 0 heterocycles. The summed E-state index contributed by atoms with van der Waals surface area (Å²) in [5, 5.41) is 32.1. The van der Waals surface area contributed by atoms with Gasteiger partial charge in [-0.25, -0.2) is 0 Å². The van der Waals surface area contributed by atoms with Gasteiger partial charge in [0.1, 0.15) is 11.5 Å². The molecule has 6 heteroatoms. The molecule has 66 heavy (non-hydrogen) atoms. The van der Waals surface area contributed by atoms with E-state index in [4.69, 9.17) is 9.98 Å². The number of rotatable bonds is 11. The highest BCUT2D eigenvalue weighted by atomic mass is 28.3. The van der Waals surface area contributed by atoms with Crippen molar-refractivity contribution in [1.82, 2.24) is 0 Å². The summed E-state index contributed by atoms with van der Waals surface area (Å²) in [5.41, 5.74) is 1.81. The lowest BCUT2D eigenvalue weighted by Crippen LogP contribution is -2.72. The first-order valence-electron chi connectivity index (χ1n) is 23.7. The quantitative estimate of drug-likeness (QED) is 0.0773. The molecule has 4 nitrogen and oxygen atoms in total. The van der Waals surface area contributed by atoms with E-state index in [0.717, 1.165) is 21.5 Å². The first kappa shape index (κ1) is 50.1. The molecule has 0 fully saturated rings. The Balaban J connectivity index is 1.53. The number of aromatic hydroxyl groups is 2. The molecule has 0 spiro atoms. The van der Waals surface area contributed by atoms with E-state index in [9.17, 15) is 10.2 Å². The van der Waals surface area contributed by atoms with Crippen molar-refractivity contribution in [2.45, 2.75) is 143 Å². The summed E-state index contributed by atoms with van der Waals surface area (Å²) in [7, 11) is -5.85. The summed E-state index contributed by atoms with van der Waals surface area (Å²) in [5.74, 6) is 0.552. The lowest BCUT2D eigenvalue weighted by molar-refractivity contribution is 0.317. The van der Waals surface area contributed by atoms with Gasteiger partial charge in [0.25, 0.3) is 0 Å². The third-order valence-electron chi connectivity index (χ3n) is 14.4. The van der Waals surface area contributed by atoms with Crippen molar-refractivity contribution in [2.75, 3.05) is 0 Å². The fraction of sp³-hybridized carbons (Fsp3) is 0.367. The Bertz CT molecular complexity index is 2410. The second-order valence-electron chi connectivity index (χ2n) is 23.5. The molecule has 0 saturated heterocycles. The van der Waals surface area contributed by atoms with Gasteiger partial charge in [-0.2, -0.15) is 0 Å². The van der Waals surface area contributed by atoms with Gasteiger partial charge in [-0.1, -0.05) is 217 Å². The molecule has 0 saturated carbocycles. The minimum absolute atomic E-state index is 0.202. The second kappa shape index (κ2) is 18.1. The molecule has 0 aliphatic rings. The smallest absolute Gasteiger partial charge is 0.158 e. The molecule has 0 radical (unpaired) electrons. The van der Waals surface area contributed by atoms with Crippen LogP contribution in [-0.2, 0) is 10.8 Å². The van der Waals surface area contributed by atoms with Crippen LogP contribution in [0.4, 0.5) is 0 Å². The van der Waals surface area contributed by atoms with Gasteiger partial charge in [0.05, 0.1) is 11.1 Å². The Labute approximate surface area is 400 Å². The molecular formula is C60H76N2O2Si2. The van der Waals surface area contributed by atoms with E-state index in [1.807, 2.05) is 12.4 Å². The molecule has 2 N–H and O–H groups in total. The van der Waals surface area contributed by atoms with Gasteiger partial charge >= 0.3 is 0 Å². The number of aliphatic imine (C=N–C) groups is 2. The van der Waals surface area contributed by atoms with Crippen LogP contribution in [0.2, 0.25) is 10.1 Å². The van der Waals surface area contributed by atoms with Crippen LogP contribution in [0.5, 0.6) is 11.5 Å². The molecule has 0 aliphatic carbocycles. The Morgan fingerprint density at radius 1 is 0.364 bits per heavy atom. The molecule has 6 aromatic rings. The summed E-state index contributed by atoms with van der Waals surface area (Å²) in [6, 6.07) is 52.1. The highest BCUT2D eigenvalue weighted by Gasteiger charge is 2.53. The summed E-state index contributed by atoms with van der Waals surface area (Å²) < 4.78 is 0. The Kier molecular flexibility index (Phi) is 13.7. The highest BCUT2D eigenvalue weighted by molar-refractivity contribution is 7.14. The average Bonchev–Trinajstić information content (AvgIpc) is 3.24. The molecule has 0 unspecified atom stereocenters. The minimum Gasteiger partial charge on any atom is -0.507 e. The van der Waals surface area contributed by atoms with Gasteiger partial charge in [-0.15, -0.1) is 0 Å². The third-order valence-corrected chi connectivity index (χ3v) is 26.1. The molecule has 0 aromatic heterocycles. The van der Waals surface area contributed by atoms with E-state index >= 15 is 0 Å². The van der Waals surface area contributed by atoms with Crippen LogP contribution in [0.1, 0.15) is 133 Å². The van der Waals surface area contributed by atoms with Gasteiger partial charge in [0.2, 0.25) is 0 Å². The van der Waals surface area contributed by atoms with E-state index < -0.39 is 27.2 Å². The van der Waals surface area contributed by atoms with Crippen molar-refractivity contribution in [2.24, 2.45) is 9.98 Å². The van der Waals surface area contributed by atoms with Crippen molar-refractivity contribution in [1.29, 1.82) is 0 Å². The van der Waals surface area contributed by atoms with E-state index in [0.29, 0.717) is 11.1 Å². The first-order chi connectivity index (χ1) is 30.6. The van der Waals surface area contributed by atoms with E-state index in [2.05, 4.69) is 256 Å². The third kappa shape index (κ3) is 9.20. The summed E-state index contributed by atoms with van der Waals surface area (Å²) in [6.07, 6.45) is 3.75. The maximum atomic E-state index is 12.8. The van der Waals surface area contributed by atoms with Crippen LogP contribution in [0.15, 0.2) is 156 Å². The molecule has 0 bridgehead atoms. The number of nitrogens with zero attached hydrogens (tertiary/aromatic N) is 2. The monoisotopic (exact) mass is 913 g/mol. The number of phenols is 2. The Hall–Kier alpha value is -5.31. The number of phenolic OH excluding ortho intramolecular Hbond substituents is 2. The number of benzene rings is 6. The zero-order chi connectivity index (χ0) is 48.7. The number of hydrogen-bond donors (Lipinski definition) is 2. The molecule has 6 rings (SSSR count). The van der Waals surface area contributed by atoms with E-state index in [1.165, 1.54) is 20.7 Å². The Morgan fingerprint density at radius 3 is 0.818 bits per heavy atom. The SMILES string of the molecule is CC(C)(C)c1cc(C=NC(C)(C)C(C)(C)N=Cc2cc(C(C)(C)C)cc([Si](c3ccccc3)(c3ccccc3)C(C)(C)C)c2O)c(O)c([Si](c2ccccc2)(c2ccccc2)C(C)(C)C)c1. The molecule has 0 amide bonds. The van der Waals surface area contributed by atoms with E-state index in [1.54, 1.807) is 0 Å². The highest BCUT2D eigenvalue weighted by Crippen LogP contribution is 2.41. The summed E-state index contributed by atoms with van der Waals surface area (Å²) in [4.78, 5) is 10.7. The molecule has 6 aromatic carbocycles. The molecule has 0 aliphatic heterocycles. The van der Waals surface area contributed by atoms with Crippen molar-refractivity contribution in [3.05, 3.63) is 168 Å². The van der Waals surface area contributed by atoms with Gasteiger partial charge in [-0.05, 0) is 103 Å². The zero-order valence-corrected chi connectivity index (χ0v) is 44.8. The van der Waals surface area contributed by atoms with Crippen molar-refractivity contribution in [3.63, 3.8) is 0 Å². The lowest BCUT2D eigenvalue weighted by atomic mass is 9.83. The van der Waals surface area contributed by atoms with Crippen LogP contribution in [-0.4, -0.2) is 49.9 Å². The minimum atomic E-state index is -2.93. The summed E-state index contributed by atoms with van der Waals surface area (Å²) in [6.45, 7) is 35.8. The van der Waals surface area contributed by atoms with Gasteiger partial charge < -0.3 is 10.2 Å². The van der Waals surface area contributed by atoms with Crippen LogP contribution in [0.3, 0.4) is 0 Å². The predicted molar refractivity (Wildman–Crippen MR) is 291 cm³/mol. The zero-order valence-electron chi connectivity index (χ0n) is 42.8. The standard InChI is InChI=1S/C60H76N2O2Si2/c1-55(2,3)45-37-43(53(63)51(39-45)65(57(7,8)9,47-29-21-17-22-30-47)48-31-23-18-24-32-48)41-61-59(13,14)60(15,16)62-42-44-38-46(56(4,5)6)40-52(54(44)64)66(58(10,11)12,49-33-25-19-26-34-49)50-35-27-20-28-36-50/h17-42,63-64H,1-16H3. The van der Waals surface area contributed by atoms with Crippen LogP contribution >= 0.6 is 0 Å².